The molecule has 0 radical (unpaired) electrons. The molecule has 1 unspecified atom stereocenters. The van der Waals surface area contributed by atoms with Crippen molar-refractivity contribution in [3.05, 3.63) is 11.7 Å². The van der Waals surface area contributed by atoms with Crippen LogP contribution in [-0.4, -0.2) is 15.2 Å². The maximum atomic E-state index is 8.90. The van der Waals surface area contributed by atoms with E-state index in [9.17, 15) is 0 Å². The van der Waals surface area contributed by atoms with E-state index >= 15 is 0 Å². The molecule has 0 aromatic carbocycles. The van der Waals surface area contributed by atoms with Gasteiger partial charge in [0, 0.05) is 0 Å². The lowest BCUT2D eigenvalue weighted by molar-refractivity contribution is 0.151. The van der Waals surface area contributed by atoms with Gasteiger partial charge in [-0.25, -0.2) is 0 Å². The Hall–Kier alpha value is -0.940. The summed E-state index contributed by atoms with van der Waals surface area (Å²) in [5, 5.41) is 12.4. The maximum Gasteiger partial charge on any atom is 0.255 e. The molecule has 3 N–H and O–H groups in total. The summed E-state index contributed by atoms with van der Waals surface area (Å²) >= 11 is 0. The molecule has 0 fully saturated rings. The number of nitrogens with zero attached hydrogens (tertiary/aromatic N) is 2. The Morgan fingerprint density at radius 2 is 2.50 bits per heavy atom. The van der Waals surface area contributed by atoms with Crippen LogP contribution < -0.4 is 5.73 Å². The molecule has 1 atom stereocenters. The van der Waals surface area contributed by atoms with Crippen molar-refractivity contribution in [1.29, 1.82) is 0 Å². The first kappa shape index (κ1) is 7.17. The van der Waals surface area contributed by atoms with Crippen molar-refractivity contribution in [3.63, 3.8) is 0 Å². The van der Waals surface area contributed by atoms with Crippen LogP contribution in [-0.2, 0) is 6.54 Å². The van der Waals surface area contributed by atoms with Crippen molar-refractivity contribution in [2.24, 2.45) is 5.73 Å². The molecule has 0 saturated carbocycles. The van der Waals surface area contributed by atoms with E-state index in [4.69, 9.17) is 10.8 Å². The lowest BCUT2D eigenvalue weighted by Gasteiger charge is -1.91. The highest BCUT2D eigenvalue weighted by molar-refractivity contribution is 4.87. The number of hydrogen-bond acceptors (Lipinski definition) is 5. The van der Waals surface area contributed by atoms with E-state index in [0.717, 1.165) is 0 Å². The van der Waals surface area contributed by atoms with E-state index in [-0.39, 0.29) is 12.4 Å². The molecule has 0 aliphatic carbocycles. The second-order valence-corrected chi connectivity index (χ2v) is 1.93. The Balaban J connectivity index is 2.78. The normalized spacial score (nSPS) is 13.5. The fourth-order valence-electron chi connectivity index (χ4n) is 0.520. The summed E-state index contributed by atoms with van der Waals surface area (Å²) in [5.41, 5.74) is 5.20. The fraction of sp³-hybridized carbons (Fsp3) is 0.600. The van der Waals surface area contributed by atoms with Gasteiger partial charge >= 0.3 is 0 Å². The lowest BCUT2D eigenvalue weighted by atomic mass is 10.4. The van der Waals surface area contributed by atoms with E-state index < -0.39 is 6.10 Å². The highest BCUT2D eigenvalue weighted by atomic mass is 16.5. The predicted octanol–water partition coefficient (Wildman–Crippen LogP) is -0.418. The van der Waals surface area contributed by atoms with E-state index in [1.54, 1.807) is 6.92 Å². The van der Waals surface area contributed by atoms with Crippen molar-refractivity contribution in [2.45, 2.75) is 19.6 Å². The van der Waals surface area contributed by atoms with E-state index in [1.165, 1.54) is 0 Å². The standard InChI is InChI=1S/C5H9N3O2/c1-3(9)5-7-4(2-6)8-10-5/h3,9H,2,6H2,1H3. The van der Waals surface area contributed by atoms with Gasteiger partial charge in [-0.3, -0.25) is 0 Å². The van der Waals surface area contributed by atoms with Crippen LogP contribution in [0.2, 0.25) is 0 Å². The van der Waals surface area contributed by atoms with Crippen LogP contribution >= 0.6 is 0 Å². The SMILES string of the molecule is CC(O)c1nc(CN)no1. The zero-order chi connectivity index (χ0) is 7.56. The molecule has 0 aliphatic heterocycles. The lowest BCUT2D eigenvalue weighted by Crippen LogP contribution is -1.99. The first-order valence-corrected chi connectivity index (χ1v) is 2.94. The number of hydrogen-bond donors (Lipinski definition) is 2. The van der Waals surface area contributed by atoms with Crippen LogP contribution in [0.4, 0.5) is 0 Å². The number of nitrogens with two attached hydrogens (primary N) is 1. The van der Waals surface area contributed by atoms with Gasteiger partial charge in [-0.2, -0.15) is 4.98 Å². The van der Waals surface area contributed by atoms with Gasteiger partial charge in [0.25, 0.3) is 5.89 Å². The van der Waals surface area contributed by atoms with Crippen LogP contribution in [0.1, 0.15) is 24.7 Å². The molecular formula is C5H9N3O2. The van der Waals surface area contributed by atoms with Gasteiger partial charge in [0.2, 0.25) is 0 Å². The Labute approximate surface area is 57.8 Å². The van der Waals surface area contributed by atoms with Crippen molar-refractivity contribution in [2.75, 3.05) is 0 Å². The monoisotopic (exact) mass is 143 g/mol. The van der Waals surface area contributed by atoms with Gasteiger partial charge in [-0.1, -0.05) is 5.16 Å². The average Bonchev–Trinajstić information content (AvgIpc) is 2.34. The molecule has 0 aliphatic rings. The van der Waals surface area contributed by atoms with Crippen LogP contribution in [0, 0.1) is 0 Å². The summed E-state index contributed by atoms with van der Waals surface area (Å²) in [6.07, 6.45) is -0.715. The van der Waals surface area contributed by atoms with Gasteiger partial charge in [-0.15, -0.1) is 0 Å². The van der Waals surface area contributed by atoms with Gasteiger partial charge in [0.05, 0.1) is 6.54 Å². The quantitative estimate of drug-likeness (QED) is 0.587. The zero-order valence-electron chi connectivity index (χ0n) is 5.61. The van der Waals surface area contributed by atoms with Gasteiger partial charge in [-0.05, 0) is 6.92 Å². The maximum absolute atomic E-state index is 8.90. The number of aliphatic hydroxyl groups excluding tert-OH is 1. The van der Waals surface area contributed by atoms with Crippen molar-refractivity contribution in [3.8, 4) is 0 Å². The summed E-state index contributed by atoms with van der Waals surface area (Å²) in [5.74, 6) is 0.622. The Morgan fingerprint density at radius 3 is 2.80 bits per heavy atom. The molecule has 1 aromatic heterocycles. The summed E-state index contributed by atoms with van der Waals surface area (Å²) in [6, 6.07) is 0. The van der Waals surface area contributed by atoms with Gasteiger partial charge in [0.1, 0.15) is 6.10 Å². The number of aliphatic hydroxyl groups is 1. The molecule has 0 amide bonds. The molecular weight excluding hydrogens is 134 g/mol. The average molecular weight is 143 g/mol. The van der Waals surface area contributed by atoms with E-state index in [2.05, 4.69) is 14.7 Å². The van der Waals surface area contributed by atoms with Crippen LogP contribution in [0.5, 0.6) is 0 Å². The molecule has 1 heterocycles. The minimum atomic E-state index is -0.715. The summed E-state index contributed by atoms with van der Waals surface area (Å²) in [6.45, 7) is 1.78. The van der Waals surface area contributed by atoms with Gasteiger partial charge in [0.15, 0.2) is 5.82 Å². The highest BCUT2D eigenvalue weighted by Gasteiger charge is 2.08. The second-order valence-electron chi connectivity index (χ2n) is 1.93. The van der Waals surface area contributed by atoms with E-state index in [0.29, 0.717) is 5.82 Å². The molecule has 5 heteroatoms. The van der Waals surface area contributed by atoms with Crippen LogP contribution in [0.15, 0.2) is 4.52 Å². The highest BCUT2D eigenvalue weighted by Crippen LogP contribution is 2.07. The molecule has 1 aromatic rings. The molecule has 10 heavy (non-hydrogen) atoms. The summed E-state index contributed by atoms with van der Waals surface area (Å²) in [7, 11) is 0. The number of rotatable bonds is 2. The largest absolute Gasteiger partial charge is 0.384 e. The number of aromatic nitrogens is 2. The first-order chi connectivity index (χ1) is 4.74. The third-order valence-corrected chi connectivity index (χ3v) is 1.02. The van der Waals surface area contributed by atoms with Crippen LogP contribution in [0.3, 0.4) is 0 Å². The third-order valence-electron chi connectivity index (χ3n) is 1.02. The predicted molar refractivity (Wildman–Crippen MR) is 32.8 cm³/mol. The molecule has 56 valence electrons. The summed E-state index contributed by atoms with van der Waals surface area (Å²) < 4.78 is 4.63. The molecule has 5 nitrogen and oxygen atoms in total. The smallest absolute Gasteiger partial charge is 0.255 e. The first-order valence-electron chi connectivity index (χ1n) is 2.94. The molecule has 1 rings (SSSR count). The molecule has 0 bridgehead atoms. The topological polar surface area (TPSA) is 85.2 Å². The van der Waals surface area contributed by atoms with E-state index in [1.807, 2.05) is 0 Å². The van der Waals surface area contributed by atoms with Crippen molar-refractivity contribution in [1.82, 2.24) is 10.1 Å². The summed E-state index contributed by atoms with van der Waals surface area (Å²) in [4.78, 5) is 3.78. The second kappa shape index (κ2) is 2.76. The van der Waals surface area contributed by atoms with Crippen LogP contribution in [0.25, 0.3) is 0 Å². The zero-order valence-corrected chi connectivity index (χ0v) is 5.61. The van der Waals surface area contributed by atoms with Crippen molar-refractivity contribution >= 4 is 0 Å². The minimum absolute atomic E-state index is 0.209. The van der Waals surface area contributed by atoms with Gasteiger partial charge < -0.3 is 15.4 Å². The Morgan fingerprint density at radius 1 is 1.80 bits per heavy atom. The van der Waals surface area contributed by atoms with Crippen molar-refractivity contribution < 1.29 is 9.63 Å². The fourth-order valence-corrected chi connectivity index (χ4v) is 0.520. The third kappa shape index (κ3) is 1.31. The Bertz CT molecular complexity index is 208. The molecule has 0 saturated heterocycles. The Kier molecular flexibility index (Phi) is 1.98. The molecule has 0 spiro atoms. The minimum Gasteiger partial charge on any atom is -0.384 e.